The molecule has 21 heavy (non-hydrogen) atoms. The van der Waals surface area contributed by atoms with Crippen molar-refractivity contribution in [2.75, 3.05) is 11.9 Å². The fourth-order valence-corrected chi connectivity index (χ4v) is 2.90. The van der Waals surface area contributed by atoms with E-state index in [-0.39, 0.29) is 11.5 Å². The Labute approximate surface area is 124 Å². The summed E-state index contributed by atoms with van der Waals surface area (Å²) < 4.78 is 0. The van der Waals surface area contributed by atoms with Crippen LogP contribution in [0.3, 0.4) is 0 Å². The fourth-order valence-electron chi connectivity index (χ4n) is 2.90. The van der Waals surface area contributed by atoms with Crippen LogP contribution in [-0.2, 0) is 5.41 Å². The van der Waals surface area contributed by atoms with Crippen molar-refractivity contribution >= 4 is 5.95 Å². The minimum absolute atomic E-state index is 0.0389. The fraction of sp³-hybridized carbons (Fsp3) is 0.438. The van der Waals surface area contributed by atoms with Crippen LogP contribution in [0.2, 0.25) is 0 Å². The molecule has 2 aromatic rings. The van der Waals surface area contributed by atoms with E-state index >= 15 is 0 Å². The van der Waals surface area contributed by atoms with E-state index in [4.69, 9.17) is 0 Å². The molecule has 1 aromatic carbocycles. The van der Waals surface area contributed by atoms with Gasteiger partial charge in [-0.25, -0.2) is 4.98 Å². The summed E-state index contributed by atoms with van der Waals surface area (Å²) in [5.74, 6) is 0.551. The molecule has 1 aliphatic carbocycles. The first-order valence-corrected chi connectivity index (χ1v) is 7.24. The predicted molar refractivity (Wildman–Crippen MR) is 81.2 cm³/mol. The molecule has 2 N–H and O–H groups in total. The number of hydrogen-bond donors (Lipinski definition) is 2. The van der Waals surface area contributed by atoms with Crippen LogP contribution >= 0.6 is 0 Å². The second-order valence-electron chi connectivity index (χ2n) is 5.87. The van der Waals surface area contributed by atoms with E-state index in [0.29, 0.717) is 12.5 Å². The number of aliphatic hydroxyl groups excluding tert-OH is 1. The minimum atomic E-state index is -0.217. The standard InChI is InChI=1S/C16H20N4O/c1-11-12(2)19-20-15(18-11)17-10-16(8-14(21)9-16)13-6-4-3-5-7-13/h3-7,14,21H,8-10H2,1-2H3,(H,17,18,20). The summed E-state index contributed by atoms with van der Waals surface area (Å²) in [5.41, 5.74) is 2.94. The Balaban J connectivity index is 1.76. The number of aromatic nitrogens is 3. The van der Waals surface area contributed by atoms with Crippen molar-refractivity contribution in [3.8, 4) is 0 Å². The van der Waals surface area contributed by atoms with Gasteiger partial charge >= 0.3 is 0 Å². The highest BCUT2D eigenvalue weighted by molar-refractivity contribution is 5.34. The summed E-state index contributed by atoms with van der Waals surface area (Å²) in [5, 5.41) is 21.2. The molecule has 1 saturated carbocycles. The summed E-state index contributed by atoms with van der Waals surface area (Å²) in [6.07, 6.45) is 1.32. The average Bonchev–Trinajstić information content (AvgIpc) is 2.47. The van der Waals surface area contributed by atoms with Gasteiger partial charge in [0.25, 0.3) is 0 Å². The third kappa shape index (κ3) is 2.74. The van der Waals surface area contributed by atoms with E-state index in [2.05, 4.69) is 32.6 Å². The monoisotopic (exact) mass is 284 g/mol. The van der Waals surface area contributed by atoms with Crippen LogP contribution in [-0.4, -0.2) is 32.9 Å². The summed E-state index contributed by atoms with van der Waals surface area (Å²) in [4.78, 5) is 4.40. The van der Waals surface area contributed by atoms with Crippen LogP contribution in [0.15, 0.2) is 30.3 Å². The highest BCUT2D eigenvalue weighted by Gasteiger charge is 2.44. The highest BCUT2D eigenvalue weighted by Crippen LogP contribution is 2.43. The Morgan fingerprint density at radius 3 is 2.48 bits per heavy atom. The number of nitrogens with zero attached hydrogens (tertiary/aromatic N) is 3. The van der Waals surface area contributed by atoms with Crippen molar-refractivity contribution in [3.05, 3.63) is 47.3 Å². The molecule has 5 heteroatoms. The molecule has 0 spiro atoms. The first kappa shape index (κ1) is 13.9. The predicted octanol–water partition coefficient (Wildman–Crippen LogP) is 1.99. The molecule has 110 valence electrons. The average molecular weight is 284 g/mol. The number of nitrogens with one attached hydrogen (secondary N) is 1. The summed E-state index contributed by atoms with van der Waals surface area (Å²) in [6.45, 7) is 4.53. The number of aliphatic hydroxyl groups is 1. The van der Waals surface area contributed by atoms with E-state index in [1.54, 1.807) is 0 Å². The second kappa shape index (κ2) is 5.41. The first-order chi connectivity index (χ1) is 10.1. The zero-order valence-electron chi connectivity index (χ0n) is 12.4. The molecule has 0 aliphatic heterocycles. The second-order valence-corrected chi connectivity index (χ2v) is 5.87. The van der Waals surface area contributed by atoms with Crippen molar-refractivity contribution in [1.82, 2.24) is 15.2 Å². The molecule has 3 rings (SSSR count). The van der Waals surface area contributed by atoms with Crippen molar-refractivity contribution < 1.29 is 5.11 Å². The number of rotatable bonds is 4. The van der Waals surface area contributed by atoms with Crippen LogP contribution in [0.25, 0.3) is 0 Å². The van der Waals surface area contributed by atoms with Gasteiger partial charge in [0.2, 0.25) is 5.95 Å². The van der Waals surface area contributed by atoms with E-state index in [1.165, 1.54) is 5.56 Å². The quantitative estimate of drug-likeness (QED) is 0.898. The molecule has 0 atom stereocenters. The van der Waals surface area contributed by atoms with Crippen LogP contribution in [0.4, 0.5) is 5.95 Å². The molecule has 0 amide bonds. The molecule has 1 aromatic heterocycles. The van der Waals surface area contributed by atoms with Crippen molar-refractivity contribution in [3.63, 3.8) is 0 Å². The van der Waals surface area contributed by atoms with Crippen LogP contribution in [0.1, 0.15) is 29.8 Å². The molecule has 0 bridgehead atoms. The van der Waals surface area contributed by atoms with Gasteiger partial charge in [-0.3, -0.25) is 0 Å². The lowest BCUT2D eigenvalue weighted by Crippen LogP contribution is -2.49. The van der Waals surface area contributed by atoms with Crippen molar-refractivity contribution in [2.45, 2.75) is 38.2 Å². The van der Waals surface area contributed by atoms with Gasteiger partial charge in [-0.2, -0.15) is 5.10 Å². The maximum absolute atomic E-state index is 9.75. The summed E-state index contributed by atoms with van der Waals surface area (Å²) in [7, 11) is 0. The SMILES string of the molecule is Cc1nnc(NCC2(c3ccccc3)CC(O)C2)nc1C. The van der Waals surface area contributed by atoms with Gasteiger partial charge < -0.3 is 10.4 Å². The van der Waals surface area contributed by atoms with Gasteiger partial charge in [0.1, 0.15) is 0 Å². The van der Waals surface area contributed by atoms with E-state index in [0.717, 1.165) is 24.2 Å². The van der Waals surface area contributed by atoms with Gasteiger partial charge in [0.05, 0.1) is 17.5 Å². The Bertz CT molecular complexity index is 623. The summed E-state index contributed by atoms with van der Waals surface area (Å²) in [6, 6.07) is 10.3. The van der Waals surface area contributed by atoms with Crippen molar-refractivity contribution in [2.24, 2.45) is 0 Å². The van der Waals surface area contributed by atoms with Crippen molar-refractivity contribution in [1.29, 1.82) is 0 Å². The van der Waals surface area contributed by atoms with Crippen LogP contribution in [0.5, 0.6) is 0 Å². The zero-order valence-corrected chi connectivity index (χ0v) is 12.4. The number of hydrogen-bond acceptors (Lipinski definition) is 5. The van der Waals surface area contributed by atoms with E-state index in [1.807, 2.05) is 32.0 Å². The highest BCUT2D eigenvalue weighted by atomic mass is 16.3. The van der Waals surface area contributed by atoms with Crippen LogP contribution in [0, 0.1) is 13.8 Å². The number of benzene rings is 1. The van der Waals surface area contributed by atoms with Crippen LogP contribution < -0.4 is 5.32 Å². The Hall–Kier alpha value is -2.01. The van der Waals surface area contributed by atoms with E-state index in [9.17, 15) is 5.11 Å². The lowest BCUT2D eigenvalue weighted by atomic mass is 9.62. The Kier molecular flexibility index (Phi) is 3.59. The molecule has 0 saturated heterocycles. The third-order valence-corrected chi connectivity index (χ3v) is 4.32. The smallest absolute Gasteiger partial charge is 0.242 e. The van der Waals surface area contributed by atoms with Gasteiger partial charge in [0.15, 0.2) is 0 Å². The largest absolute Gasteiger partial charge is 0.393 e. The maximum atomic E-state index is 9.75. The lowest BCUT2D eigenvalue weighted by Gasteiger charge is -2.46. The molecule has 1 fully saturated rings. The van der Waals surface area contributed by atoms with Gasteiger partial charge in [-0.15, -0.1) is 5.10 Å². The number of anilines is 1. The summed E-state index contributed by atoms with van der Waals surface area (Å²) >= 11 is 0. The molecule has 0 unspecified atom stereocenters. The molecule has 1 aliphatic rings. The van der Waals surface area contributed by atoms with E-state index < -0.39 is 0 Å². The molecule has 0 radical (unpaired) electrons. The normalized spacial score (nSPS) is 24.4. The minimum Gasteiger partial charge on any atom is -0.393 e. The maximum Gasteiger partial charge on any atom is 0.242 e. The molecular formula is C16H20N4O. The lowest BCUT2D eigenvalue weighted by molar-refractivity contribution is 0.0242. The topological polar surface area (TPSA) is 70.9 Å². The number of aryl methyl sites for hydroxylation is 2. The zero-order chi connectivity index (χ0) is 14.9. The molecule has 5 nitrogen and oxygen atoms in total. The Morgan fingerprint density at radius 2 is 1.86 bits per heavy atom. The third-order valence-electron chi connectivity index (χ3n) is 4.32. The molecule has 1 heterocycles. The van der Waals surface area contributed by atoms with Gasteiger partial charge in [-0.05, 0) is 32.3 Å². The Morgan fingerprint density at radius 1 is 1.14 bits per heavy atom. The molecular weight excluding hydrogens is 264 g/mol. The van der Waals surface area contributed by atoms with Gasteiger partial charge in [0, 0.05) is 12.0 Å². The first-order valence-electron chi connectivity index (χ1n) is 7.24. The van der Waals surface area contributed by atoms with Gasteiger partial charge in [-0.1, -0.05) is 30.3 Å².